The Labute approximate surface area is 145 Å². The number of rotatable bonds is 5. The lowest BCUT2D eigenvalue weighted by molar-refractivity contribution is -0.122. The van der Waals surface area contributed by atoms with Crippen LogP contribution in [0.1, 0.15) is 6.42 Å². The van der Waals surface area contributed by atoms with Crippen LogP contribution >= 0.6 is 0 Å². The van der Waals surface area contributed by atoms with Crippen LogP contribution in [-0.2, 0) is 9.59 Å². The maximum atomic E-state index is 12.4. The Morgan fingerprint density at radius 2 is 2.04 bits per heavy atom. The molecule has 2 amide bonds. The third-order valence-corrected chi connectivity index (χ3v) is 4.10. The molecule has 3 rings (SSSR count). The molecule has 25 heavy (non-hydrogen) atoms. The molecular weight excluding hydrogens is 322 g/mol. The van der Waals surface area contributed by atoms with Crippen LogP contribution in [0.3, 0.4) is 0 Å². The molecule has 0 radical (unpaired) electrons. The van der Waals surface area contributed by atoms with Crippen LogP contribution in [0.15, 0.2) is 42.7 Å². The second-order valence-corrected chi connectivity index (χ2v) is 5.68. The van der Waals surface area contributed by atoms with Gasteiger partial charge in [0.2, 0.25) is 11.8 Å². The molecule has 0 aliphatic carbocycles. The van der Waals surface area contributed by atoms with Gasteiger partial charge in [-0.15, -0.1) is 0 Å². The van der Waals surface area contributed by atoms with Crippen molar-refractivity contribution < 1.29 is 19.1 Å². The van der Waals surface area contributed by atoms with Crippen LogP contribution in [0.25, 0.3) is 0 Å². The largest absolute Gasteiger partial charge is 0.493 e. The number of hydrogen-bond donors (Lipinski definition) is 1. The van der Waals surface area contributed by atoms with Gasteiger partial charge in [0.25, 0.3) is 0 Å². The number of ether oxygens (including phenoxy) is 2. The van der Waals surface area contributed by atoms with Crippen molar-refractivity contribution in [2.75, 3.05) is 31.0 Å². The standard InChI is InChI=1S/C18H19N3O4/c1-24-15-6-5-14(9-16(15)25-2)21-11-12(8-17(21)22)18(23)20-13-4-3-7-19-10-13/h3-7,9-10,12H,8,11H2,1-2H3,(H,20,23). The zero-order valence-electron chi connectivity index (χ0n) is 14.1. The lowest BCUT2D eigenvalue weighted by Crippen LogP contribution is -2.28. The zero-order valence-corrected chi connectivity index (χ0v) is 14.1. The fraction of sp³-hybridized carbons (Fsp3) is 0.278. The van der Waals surface area contributed by atoms with Gasteiger partial charge in [0.05, 0.1) is 32.0 Å². The van der Waals surface area contributed by atoms with Gasteiger partial charge in [0, 0.05) is 30.9 Å². The molecule has 130 valence electrons. The first-order valence-corrected chi connectivity index (χ1v) is 7.85. The van der Waals surface area contributed by atoms with E-state index >= 15 is 0 Å². The van der Waals surface area contributed by atoms with Crippen molar-refractivity contribution in [3.05, 3.63) is 42.7 Å². The van der Waals surface area contributed by atoms with Gasteiger partial charge in [0.15, 0.2) is 11.5 Å². The van der Waals surface area contributed by atoms with E-state index in [1.807, 2.05) is 0 Å². The van der Waals surface area contributed by atoms with Gasteiger partial charge < -0.3 is 19.7 Å². The van der Waals surface area contributed by atoms with Crippen LogP contribution in [0.2, 0.25) is 0 Å². The number of carbonyl (C=O) groups excluding carboxylic acids is 2. The number of anilines is 2. The second-order valence-electron chi connectivity index (χ2n) is 5.68. The van der Waals surface area contributed by atoms with Crippen LogP contribution in [-0.4, -0.2) is 37.6 Å². The predicted molar refractivity (Wildman–Crippen MR) is 92.9 cm³/mol. The third-order valence-electron chi connectivity index (χ3n) is 4.10. The first-order valence-electron chi connectivity index (χ1n) is 7.85. The van der Waals surface area contributed by atoms with E-state index in [0.29, 0.717) is 29.4 Å². The highest BCUT2D eigenvalue weighted by atomic mass is 16.5. The number of amides is 2. The molecule has 1 aliphatic rings. The zero-order chi connectivity index (χ0) is 17.8. The number of aromatic nitrogens is 1. The summed E-state index contributed by atoms with van der Waals surface area (Å²) in [4.78, 5) is 30.3. The molecule has 2 aromatic rings. The number of hydrogen-bond acceptors (Lipinski definition) is 5. The number of nitrogens with zero attached hydrogens (tertiary/aromatic N) is 2. The molecule has 1 aliphatic heterocycles. The topological polar surface area (TPSA) is 80.8 Å². The number of methoxy groups -OCH3 is 2. The lowest BCUT2D eigenvalue weighted by Gasteiger charge is -2.18. The minimum atomic E-state index is -0.416. The molecule has 7 nitrogen and oxygen atoms in total. The molecule has 1 N–H and O–H groups in total. The number of pyridine rings is 1. The number of carbonyl (C=O) groups is 2. The number of benzene rings is 1. The summed E-state index contributed by atoms with van der Waals surface area (Å²) in [5, 5.41) is 2.79. The van der Waals surface area contributed by atoms with E-state index in [1.54, 1.807) is 54.7 Å². The SMILES string of the molecule is COc1ccc(N2CC(C(=O)Nc3cccnc3)CC2=O)cc1OC. The molecule has 1 aromatic heterocycles. The Kier molecular flexibility index (Phi) is 4.83. The lowest BCUT2D eigenvalue weighted by atomic mass is 10.1. The summed E-state index contributed by atoms with van der Waals surface area (Å²) in [5.74, 6) is 0.420. The maximum Gasteiger partial charge on any atom is 0.229 e. The van der Waals surface area contributed by atoms with Gasteiger partial charge in [-0.05, 0) is 24.3 Å². The van der Waals surface area contributed by atoms with Gasteiger partial charge in [-0.1, -0.05) is 0 Å². The number of nitrogens with one attached hydrogen (secondary N) is 1. The van der Waals surface area contributed by atoms with E-state index in [2.05, 4.69) is 10.3 Å². The third kappa shape index (κ3) is 3.55. The molecular formula is C18H19N3O4. The van der Waals surface area contributed by atoms with Gasteiger partial charge in [-0.3, -0.25) is 14.6 Å². The molecule has 1 fully saturated rings. The molecule has 7 heteroatoms. The highest BCUT2D eigenvalue weighted by Gasteiger charge is 2.35. The quantitative estimate of drug-likeness (QED) is 0.901. The Morgan fingerprint density at radius 1 is 1.24 bits per heavy atom. The average molecular weight is 341 g/mol. The fourth-order valence-corrected chi connectivity index (χ4v) is 2.81. The summed E-state index contributed by atoms with van der Waals surface area (Å²) in [6.07, 6.45) is 3.37. The van der Waals surface area contributed by atoms with Gasteiger partial charge in [-0.25, -0.2) is 0 Å². The summed E-state index contributed by atoms with van der Waals surface area (Å²) in [5.41, 5.74) is 1.30. The normalized spacial score (nSPS) is 16.6. The maximum absolute atomic E-state index is 12.4. The fourth-order valence-electron chi connectivity index (χ4n) is 2.81. The van der Waals surface area contributed by atoms with Crippen molar-refractivity contribution in [1.29, 1.82) is 0 Å². The molecule has 1 aromatic carbocycles. The summed E-state index contributed by atoms with van der Waals surface area (Å²) >= 11 is 0. The average Bonchev–Trinajstić information content (AvgIpc) is 3.04. The first kappa shape index (κ1) is 16.8. The molecule has 1 saturated heterocycles. The molecule has 1 atom stereocenters. The summed E-state index contributed by atoms with van der Waals surface area (Å²) in [6.45, 7) is 0.320. The molecule has 0 bridgehead atoms. The van der Waals surface area contributed by atoms with Crippen molar-refractivity contribution in [3.8, 4) is 11.5 Å². The Morgan fingerprint density at radius 3 is 2.72 bits per heavy atom. The van der Waals surface area contributed by atoms with Crippen LogP contribution in [0.5, 0.6) is 11.5 Å². The highest BCUT2D eigenvalue weighted by Crippen LogP contribution is 2.34. The Bertz CT molecular complexity index is 779. The van der Waals surface area contributed by atoms with Gasteiger partial charge >= 0.3 is 0 Å². The van der Waals surface area contributed by atoms with Crippen molar-refractivity contribution in [3.63, 3.8) is 0 Å². The van der Waals surface area contributed by atoms with Crippen molar-refractivity contribution in [1.82, 2.24) is 4.98 Å². The van der Waals surface area contributed by atoms with E-state index in [1.165, 1.54) is 7.11 Å². The van der Waals surface area contributed by atoms with Gasteiger partial charge in [0.1, 0.15) is 0 Å². The van der Waals surface area contributed by atoms with Crippen molar-refractivity contribution in [2.24, 2.45) is 5.92 Å². The van der Waals surface area contributed by atoms with E-state index in [0.717, 1.165) is 0 Å². The van der Waals surface area contributed by atoms with Crippen LogP contribution in [0.4, 0.5) is 11.4 Å². The minimum Gasteiger partial charge on any atom is -0.493 e. The van der Waals surface area contributed by atoms with E-state index in [4.69, 9.17) is 9.47 Å². The predicted octanol–water partition coefficient (Wildman–Crippen LogP) is 2.09. The molecule has 1 unspecified atom stereocenters. The Balaban J connectivity index is 1.73. The van der Waals surface area contributed by atoms with E-state index in [9.17, 15) is 9.59 Å². The summed E-state index contributed by atoms with van der Waals surface area (Å²) in [6, 6.07) is 8.75. The Hall–Kier alpha value is -3.09. The van der Waals surface area contributed by atoms with Crippen molar-refractivity contribution >= 4 is 23.2 Å². The van der Waals surface area contributed by atoms with E-state index in [-0.39, 0.29) is 18.2 Å². The molecule has 0 saturated carbocycles. The van der Waals surface area contributed by atoms with Gasteiger partial charge in [-0.2, -0.15) is 0 Å². The molecule has 0 spiro atoms. The summed E-state index contributed by atoms with van der Waals surface area (Å²) < 4.78 is 10.5. The van der Waals surface area contributed by atoms with Crippen molar-refractivity contribution in [2.45, 2.75) is 6.42 Å². The smallest absolute Gasteiger partial charge is 0.229 e. The second kappa shape index (κ2) is 7.21. The summed E-state index contributed by atoms with van der Waals surface area (Å²) in [7, 11) is 3.09. The van der Waals surface area contributed by atoms with Crippen LogP contribution in [0, 0.1) is 5.92 Å². The minimum absolute atomic E-state index is 0.0986. The highest BCUT2D eigenvalue weighted by molar-refractivity contribution is 6.03. The van der Waals surface area contributed by atoms with E-state index < -0.39 is 5.92 Å². The van der Waals surface area contributed by atoms with Crippen LogP contribution < -0.4 is 19.7 Å². The first-order chi connectivity index (χ1) is 12.1. The molecule has 2 heterocycles. The monoisotopic (exact) mass is 341 g/mol.